The Hall–Kier alpha value is -1.26. The number of fused-ring (bicyclic) bond motifs is 2. The Bertz CT molecular complexity index is 343. The van der Waals surface area contributed by atoms with Crippen molar-refractivity contribution in [1.82, 2.24) is 10.2 Å². The molecule has 0 aromatic carbocycles. The summed E-state index contributed by atoms with van der Waals surface area (Å²) in [5, 5.41) is 11.8. The van der Waals surface area contributed by atoms with Crippen LogP contribution in [0.1, 0.15) is 39.5 Å². The number of rotatable bonds is 4. The molecule has 5 nitrogen and oxygen atoms in total. The van der Waals surface area contributed by atoms with Crippen LogP contribution in [-0.2, 0) is 4.79 Å². The van der Waals surface area contributed by atoms with Crippen molar-refractivity contribution in [3.8, 4) is 0 Å². The summed E-state index contributed by atoms with van der Waals surface area (Å²) >= 11 is 0. The maximum atomic E-state index is 12.1. The first-order valence-corrected chi connectivity index (χ1v) is 6.76. The number of amides is 2. The van der Waals surface area contributed by atoms with Crippen LogP contribution in [0.2, 0.25) is 0 Å². The highest BCUT2D eigenvalue weighted by atomic mass is 16.4. The molecule has 0 aromatic rings. The van der Waals surface area contributed by atoms with Crippen LogP contribution in [0, 0.1) is 11.8 Å². The fourth-order valence-corrected chi connectivity index (χ4v) is 3.30. The molecule has 0 spiro atoms. The highest BCUT2D eigenvalue weighted by Crippen LogP contribution is 2.44. The molecule has 5 heteroatoms. The molecule has 0 aliphatic heterocycles. The predicted molar refractivity (Wildman–Crippen MR) is 67.2 cm³/mol. The molecule has 0 heterocycles. The van der Waals surface area contributed by atoms with Gasteiger partial charge in [0.25, 0.3) is 0 Å². The highest BCUT2D eigenvalue weighted by molar-refractivity contribution is 5.80. The first-order valence-electron chi connectivity index (χ1n) is 6.76. The van der Waals surface area contributed by atoms with Crippen LogP contribution in [0.4, 0.5) is 4.79 Å². The molecule has 2 saturated carbocycles. The summed E-state index contributed by atoms with van der Waals surface area (Å²) in [6, 6.07) is -0.0732. The van der Waals surface area contributed by atoms with Gasteiger partial charge >= 0.3 is 12.0 Å². The standard InChI is InChI=1S/C13H22N2O3/c1-8(2)15(7-12(16)17)13(18)14-11-6-9-3-4-10(11)5-9/h8-11H,3-7H2,1-2H3,(H,14,18)(H,16,17). The number of nitrogens with zero attached hydrogens (tertiary/aromatic N) is 1. The van der Waals surface area contributed by atoms with Gasteiger partial charge in [-0.1, -0.05) is 6.42 Å². The van der Waals surface area contributed by atoms with Crippen molar-refractivity contribution >= 4 is 12.0 Å². The van der Waals surface area contributed by atoms with Crippen molar-refractivity contribution in [2.45, 2.75) is 51.6 Å². The van der Waals surface area contributed by atoms with Gasteiger partial charge in [-0.15, -0.1) is 0 Å². The van der Waals surface area contributed by atoms with Gasteiger partial charge in [0.2, 0.25) is 0 Å². The fraction of sp³-hybridized carbons (Fsp3) is 0.846. The highest BCUT2D eigenvalue weighted by Gasteiger charge is 2.40. The van der Waals surface area contributed by atoms with E-state index in [1.54, 1.807) is 0 Å². The maximum Gasteiger partial charge on any atom is 0.323 e. The van der Waals surface area contributed by atoms with Crippen molar-refractivity contribution < 1.29 is 14.7 Å². The van der Waals surface area contributed by atoms with Gasteiger partial charge in [0.1, 0.15) is 6.54 Å². The average molecular weight is 254 g/mol. The molecule has 18 heavy (non-hydrogen) atoms. The normalized spacial score (nSPS) is 29.6. The molecule has 2 fully saturated rings. The van der Waals surface area contributed by atoms with Crippen molar-refractivity contribution in [3.63, 3.8) is 0 Å². The minimum absolute atomic E-state index is 0.0975. The number of carboxylic acids is 1. The average Bonchev–Trinajstić information content (AvgIpc) is 2.86. The molecule has 2 aliphatic carbocycles. The molecule has 102 valence electrons. The number of aliphatic carboxylic acids is 1. The van der Waals surface area contributed by atoms with Gasteiger partial charge in [0.15, 0.2) is 0 Å². The lowest BCUT2D eigenvalue weighted by atomic mass is 9.95. The van der Waals surface area contributed by atoms with Gasteiger partial charge < -0.3 is 15.3 Å². The smallest absolute Gasteiger partial charge is 0.323 e. The monoisotopic (exact) mass is 254 g/mol. The largest absolute Gasteiger partial charge is 0.480 e. The van der Waals surface area contributed by atoms with Gasteiger partial charge in [-0.2, -0.15) is 0 Å². The van der Waals surface area contributed by atoms with Crippen LogP contribution >= 0.6 is 0 Å². The van der Waals surface area contributed by atoms with Gasteiger partial charge in [-0.25, -0.2) is 4.79 Å². The lowest BCUT2D eigenvalue weighted by Gasteiger charge is -2.29. The van der Waals surface area contributed by atoms with Gasteiger partial charge in [-0.3, -0.25) is 4.79 Å². The van der Waals surface area contributed by atoms with E-state index in [0.29, 0.717) is 5.92 Å². The molecule has 2 aliphatic rings. The zero-order valence-corrected chi connectivity index (χ0v) is 11.1. The molecular formula is C13H22N2O3. The molecular weight excluding hydrogens is 232 g/mol. The SMILES string of the molecule is CC(C)N(CC(=O)O)C(=O)NC1CC2CCC1C2. The second kappa shape index (κ2) is 5.16. The van der Waals surface area contributed by atoms with E-state index in [1.807, 2.05) is 13.8 Å². The van der Waals surface area contributed by atoms with E-state index in [2.05, 4.69) is 5.32 Å². The minimum atomic E-state index is -0.966. The van der Waals surface area contributed by atoms with E-state index in [1.165, 1.54) is 24.2 Å². The number of carbonyl (C=O) groups excluding carboxylic acids is 1. The van der Waals surface area contributed by atoms with E-state index >= 15 is 0 Å². The Morgan fingerprint density at radius 1 is 1.33 bits per heavy atom. The summed E-state index contributed by atoms with van der Waals surface area (Å²) in [4.78, 5) is 24.2. The van der Waals surface area contributed by atoms with Crippen molar-refractivity contribution in [2.24, 2.45) is 11.8 Å². The number of carboxylic acid groups (broad SMARTS) is 1. The van der Waals surface area contributed by atoms with Crippen LogP contribution in [0.3, 0.4) is 0 Å². The maximum absolute atomic E-state index is 12.1. The second-order valence-corrected chi connectivity index (χ2v) is 5.85. The number of hydrogen-bond donors (Lipinski definition) is 2. The summed E-state index contributed by atoms with van der Waals surface area (Å²) in [5.41, 5.74) is 0. The Morgan fingerprint density at radius 2 is 2.06 bits per heavy atom. The Balaban J connectivity index is 1.91. The molecule has 3 atom stereocenters. The summed E-state index contributed by atoms with van der Waals surface area (Å²) in [6.45, 7) is 3.44. The Morgan fingerprint density at radius 3 is 2.50 bits per heavy atom. The van der Waals surface area contributed by atoms with Crippen LogP contribution in [0.25, 0.3) is 0 Å². The van der Waals surface area contributed by atoms with Crippen molar-refractivity contribution in [2.75, 3.05) is 6.54 Å². The third-order valence-corrected chi connectivity index (χ3v) is 4.24. The number of hydrogen-bond acceptors (Lipinski definition) is 2. The molecule has 0 aromatic heterocycles. The van der Waals surface area contributed by atoms with Crippen molar-refractivity contribution in [1.29, 1.82) is 0 Å². The van der Waals surface area contributed by atoms with E-state index in [-0.39, 0.29) is 24.7 Å². The number of carbonyl (C=O) groups is 2. The van der Waals surface area contributed by atoms with Crippen molar-refractivity contribution in [3.05, 3.63) is 0 Å². The zero-order chi connectivity index (χ0) is 13.3. The number of nitrogens with one attached hydrogen (secondary N) is 1. The topological polar surface area (TPSA) is 69.6 Å². The molecule has 2 amide bonds. The van der Waals surface area contributed by atoms with Crippen LogP contribution in [0.15, 0.2) is 0 Å². The molecule has 0 radical (unpaired) electrons. The second-order valence-electron chi connectivity index (χ2n) is 5.85. The lowest BCUT2D eigenvalue weighted by Crippen LogP contribution is -2.50. The molecule has 2 bridgehead atoms. The van der Waals surface area contributed by atoms with E-state index in [4.69, 9.17) is 5.11 Å². The van der Waals surface area contributed by atoms with Gasteiger partial charge in [0.05, 0.1) is 0 Å². The third-order valence-electron chi connectivity index (χ3n) is 4.24. The van der Waals surface area contributed by atoms with Gasteiger partial charge in [0, 0.05) is 12.1 Å². The summed E-state index contributed by atoms with van der Waals surface area (Å²) in [6.07, 6.45) is 4.79. The third kappa shape index (κ3) is 2.76. The lowest BCUT2D eigenvalue weighted by molar-refractivity contribution is -0.138. The quantitative estimate of drug-likeness (QED) is 0.802. The van der Waals surface area contributed by atoms with Crippen LogP contribution in [0.5, 0.6) is 0 Å². The summed E-state index contributed by atoms with van der Waals surface area (Å²) in [7, 11) is 0. The summed E-state index contributed by atoms with van der Waals surface area (Å²) < 4.78 is 0. The van der Waals surface area contributed by atoms with Gasteiger partial charge in [-0.05, 0) is 44.9 Å². The molecule has 0 saturated heterocycles. The van der Waals surface area contributed by atoms with Crippen LogP contribution in [-0.4, -0.2) is 40.6 Å². The molecule has 2 N–H and O–H groups in total. The first-order chi connectivity index (χ1) is 8.47. The van der Waals surface area contributed by atoms with E-state index in [0.717, 1.165) is 12.3 Å². The van der Waals surface area contributed by atoms with Crippen LogP contribution < -0.4 is 5.32 Å². The fourth-order valence-electron chi connectivity index (χ4n) is 3.30. The van der Waals surface area contributed by atoms with E-state index < -0.39 is 5.97 Å². The molecule has 3 unspecified atom stereocenters. The molecule has 2 rings (SSSR count). The minimum Gasteiger partial charge on any atom is -0.480 e. The number of urea groups is 1. The van der Waals surface area contributed by atoms with E-state index in [9.17, 15) is 9.59 Å². The Labute approximate surface area is 108 Å². The predicted octanol–water partition coefficient (Wildman–Crippen LogP) is 1.68. The Kier molecular flexibility index (Phi) is 3.78. The first kappa shape index (κ1) is 13.2. The zero-order valence-electron chi connectivity index (χ0n) is 11.1. The summed E-state index contributed by atoms with van der Waals surface area (Å²) in [5.74, 6) is 0.414.